The summed E-state index contributed by atoms with van der Waals surface area (Å²) in [4.78, 5) is 26.0. The Morgan fingerprint density at radius 2 is 1.95 bits per heavy atom. The Kier molecular flexibility index (Phi) is 5.68. The molecule has 1 saturated heterocycles. The van der Waals surface area contributed by atoms with Gasteiger partial charge in [-0.05, 0) is 6.07 Å². The monoisotopic (exact) mass is 294 g/mol. The lowest BCUT2D eigenvalue weighted by molar-refractivity contribution is -0.108. The molecule has 0 bridgehead atoms. The molecule has 21 heavy (non-hydrogen) atoms. The van der Waals surface area contributed by atoms with Crippen molar-refractivity contribution in [3.8, 4) is 0 Å². The van der Waals surface area contributed by atoms with Crippen molar-refractivity contribution in [3.63, 3.8) is 0 Å². The molecule has 0 spiro atoms. The fourth-order valence-electron chi connectivity index (χ4n) is 2.24. The van der Waals surface area contributed by atoms with E-state index in [9.17, 15) is 14.0 Å². The summed E-state index contributed by atoms with van der Waals surface area (Å²) in [6.45, 7) is 3.24. The molecule has 0 saturated carbocycles. The van der Waals surface area contributed by atoms with Gasteiger partial charge in [0, 0.05) is 44.7 Å². The highest BCUT2D eigenvalue weighted by atomic mass is 19.1. The molecule has 0 atom stereocenters. The molecule has 5 nitrogen and oxygen atoms in total. The summed E-state index contributed by atoms with van der Waals surface area (Å²) in [7, 11) is 0. The van der Waals surface area contributed by atoms with Crippen molar-refractivity contribution in [1.82, 2.24) is 9.80 Å². The summed E-state index contributed by atoms with van der Waals surface area (Å²) in [6.07, 6.45) is 0.987. The van der Waals surface area contributed by atoms with Crippen molar-refractivity contribution in [2.45, 2.75) is 13.0 Å². The minimum atomic E-state index is -0.423. The number of ether oxygens (including phenoxy) is 1. The number of hydrogen-bond donors (Lipinski definition) is 0. The van der Waals surface area contributed by atoms with Crippen molar-refractivity contribution in [2.24, 2.45) is 0 Å². The summed E-state index contributed by atoms with van der Waals surface area (Å²) in [5.41, 5.74) is 0.371. The Balaban J connectivity index is 1.75. The molecule has 0 unspecified atom stereocenters. The molecular formula is C15H19FN2O3. The van der Waals surface area contributed by atoms with Gasteiger partial charge in [0.05, 0.1) is 0 Å². The lowest BCUT2D eigenvalue weighted by Gasteiger charge is -2.33. The van der Waals surface area contributed by atoms with Crippen LogP contribution in [0.5, 0.6) is 0 Å². The second-order valence-corrected chi connectivity index (χ2v) is 4.93. The van der Waals surface area contributed by atoms with Crippen LogP contribution in [0.2, 0.25) is 0 Å². The van der Waals surface area contributed by atoms with Crippen molar-refractivity contribution < 1.29 is 18.7 Å². The average Bonchev–Trinajstić information content (AvgIpc) is 2.52. The van der Waals surface area contributed by atoms with E-state index in [1.165, 1.54) is 6.07 Å². The van der Waals surface area contributed by atoms with Gasteiger partial charge in [0.25, 0.3) is 0 Å². The molecule has 1 aliphatic heterocycles. The first-order valence-electron chi connectivity index (χ1n) is 7.02. The van der Waals surface area contributed by atoms with Gasteiger partial charge in [0.2, 0.25) is 0 Å². The molecule has 0 N–H and O–H groups in total. The molecule has 6 heteroatoms. The summed E-state index contributed by atoms with van der Waals surface area (Å²) in [5.74, 6) is -0.371. The second-order valence-electron chi connectivity index (χ2n) is 4.93. The Morgan fingerprint density at radius 3 is 2.62 bits per heavy atom. The van der Waals surface area contributed by atoms with E-state index in [4.69, 9.17) is 4.74 Å². The van der Waals surface area contributed by atoms with Gasteiger partial charge in [-0.15, -0.1) is 0 Å². The van der Waals surface area contributed by atoms with Crippen LogP contribution in [-0.4, -0.2) is 54.9 Å². The summed E-state index contributed by atoms with van der Waals surface area (Å²) in [5, 5.41) is 0. The van der Waals surface area contributed by atoms with Crippen LogP contribution in [0.4, 0.5) is 9.18 Å². The molecule has 0 aliphatic carbocycles. The lowest BCUT2D eigenvalue weighted by Crippen LogP contribution is -2.49. The van der Waals surface area contributed by atoms with E-state index in [0.29, 0.717) is 25.1 Å². The minimum absolute atomic E-state index is 0.0587. The van der Waals surface area contributed by atoms with Gasteiger partial charge in [-0.2, -0.15) is 0 Å². The number of hydrogen-bond acceptors (Lipinski definition) is 4. The highest BCUT2D eigenvalue weighted by molar-refractivity contribution is 5.67. The number of aldehydes is 1. The van der Waals surface area contributed by atoms with Crippen LogP contribution >= 0.6 is 0 Å². The van der Waals surface area contributed by atoms with Crippen LogP contribution in [0.1, 0.15) is 12.0 Å². The van der Waals surface area contributed by atoms with E-state index >= 15 is 0 Å². The number of halogens is 1. The van der Waals surface area contributed by atoms with Crippen molar-refractivity contribution >= 4 is 12.4 Å². The number of amides is 1. The highest BCUT2D eigenvalue weighted by Crippen LogP contribution is 2.10. The highest BCUT2D eigenvalue weighted by Gasteiger charge is 2.21. The van der Waals surface area contributed by atoms with Gasteiger partial charge < -0.3 is 14.4 Å². The molecule has 2 rings (SSSR count). The third-order valence-electron chi connectivity index (χ3n) is 3.50. The summed E-state index contributed by atoms with van der Waals surface area (Å²) >= 11 is 0. The van der Waals surface area contributed by atoms with Crippen molar-refractivity contribution in [3.05, 3.63) is 35.6 Å². The number of carbonyl (C=O) groups excluding carboxylic acids is 2. The third kappa shape index (κ3) is 4.53. The lowest BCUT2D eigenvalue weighted by atomic mass is 10.2. The largest absolute Gasteiger partial charge is 0.444 e. The van der Waals surface area contributed by atoms with E-state index in [-0.39, 0.29) is 12.4 Å². The smallest absolute Gasteiger partial charge is 0.410 e. The predicted octanol–water partition coefficient (Wildman–Crippen LogP) is 1.67. The molecule has 1 aromatic carbocycles. The first-order valence-corrected chi connectivity index (χ1v) is 7.02. The van der Waals surface area contributed by atoms with Gasteiger partial charge in [0.1, 0.15) is 18.7 Å². The van der Waals surface area contributed by atoms with Crippen molar-refractivity contribution in [2.75, 3.05) is 32.7 Å². The third-order valence-corrected chi connectivity index (χ3v) is 3.50. The summed E-state index contributed by atoms with van der Waals surface area (Å²) in [6, 6.07) is 6.24. The maximum atomic E-state index is 13.4. The zero-order chi connectivity index (χ0) is 15.1. The fraction of sp³-hybridized carbons (Fsp3) is 0.467. The maximum absolute atomic E-state index is 13.4. The van der Waals surface area contributed by atoms with Crippen LogP contribution in [0, 0.1) is 5.82 Å². The van der Waals surface area contributed by atoms with Gasteiger partial charge in [-0.25, -0.2) is 9.18 Å². The van der Waals surface area contributed by atoms with Crippen LogP contribution in [0.25, 0.3) is 0 Å². The van der Waals surface area contributed by atoms with Gasteiger partial charge >= 0.3 is 6.09 Å². The molecule has 1 aromatic rings. The van der Waals surface area contributed by atoms with Gasteiger partial charge in [0.15, 0.2) is 0 Å². The summed E-state index contributed by atoms with van der Waals surface area (Å²) < 4.78 is 18.5. The number of rotatable bonds is 5. The molecule has 0 radical (unpaired) electrons. The Bertz CT molecular complexity index is 488. The second kappa shape index (κ2) is 7.73. The average molecular weight is 294 g/mol. The van der Waals surface area contributed by atoms with Crippen LogP contribution in [0.15, 0.2) is 24.3 Å². The number of benzene rings is 1. The van der Waals surface area contributed by atoms with E-state index in [1.807, 2.05) is 0 Å². The van der Waals surface area contributed by atoms with Gasteiger partial charge in [-0.1, -0.05) is 18.2 Å². The predicted molar refractivity (Wildman–Crippen MR) is 75.3 cm³/mol. The Morgan fingerprint density at radius 1 is 1.24 bits per heavy atom. The van der Waals surface area contributed by atoms with Gasteiger partial charge in [-0.3, -0.25) is 4.90 Å². The first kappa shape index (κ1) is 15.4. The maximum Gasteiger partial charge on any atom is 0.410 e. The van der Waals surface area contributed by atoms with E-state index in [2.05, 4.69) is 4.90 Å². The fourth-order valence-corrected chi connectivity index (χ4v) is 2.24. The first-order chi connectivity index (χ1) is 10.2. The van der Waals surface area contributed by atoms with E-state index in [1.54, 1.807) is 23.1 Å². The molecule has 1 fully saturated rings. The number of piperazine rings is 1. The van der Waals surface area contributed by atoms with E-state index in [0.717, 1.165) is 25.9 Å². The minimum Gasteiger partial charge on any atom is -0.444 e. The van der Waals surface area contributed by atoms with Crippen LogP contribution < -0.4 is 0 Å². The zero-order valence-corrected chi connectivity index (χ0v) is 11.8. The molecule has 0 aromatic heterocycles. The van der Waals surface area contributed by atoms with Crippen LogP contribution in [-0.2, 0) is 16.1 Å². The van der Waals surface area contributed by atoms with Crippen LogP contribution in [0.3, 0.4) is 0 Å². The van der Waals surface area contributed by atoms with Crippen molar-refractivity contribution in [1.29, 1.82) is 0 Å². The Labute approximate surface area is 123 Å². The number of carbonyl (C=O) groups is 2. The molecule has 1 heterocycles. The Hall–Kier alpha value is -1.95. The molecular weight excluding hydrogens is 275 g/mol. The SMILES string of the molecule is O=CCCN1CCN(C(=O)OCc2ccccc2F)CC1. The molecule has 1 amide bonds. The molecule has 1 aliphatic rings. The van der Waals surface area contributed by atoms with E-state index < -0.39 is 6.09 Å². The standard InChI is InChI=1S/C15H19FN2O3/c16-14-5-2-1-4-13(14)12-21-15(20)18-9-7-17(8-10-18)6-3-11-19/h1-2,4-5,11H,3,6-10,12H2. The zero-order valence-electron chi connectivity index (χ0n) is 11.8. The quantitative estimate of drug-likeness (QED) is 0.775. The number of nitrogens with zero attached hydrogens (tertiary/aromatic N) is 2. The topological polar surface area (TPSA) is 49.9 Å². The molecule has 114 valence electrons. The normalized spacial score (nSPS) is 15.8.